The third-order valence-corrected chi connectivity index (χ3v) is 2.33. The number of anilines is 1. The molecule has 0 bridgehead atoms. The fourth-order valence-electron chi connectivity index (χ4n) is 1.49. The van der Waals surface area contributed by atoms with Crippen molar-refractivity contribution in [1.82, 2.24) is 0 Å². The minimum atomic E-state index is -0.351. The summed E-state index contributed by atoms with van der Waals surface area (Å²) >= 11 is 0. The quantitative estimate of drug-likeness (QED) is 0.346. The van der Waals surface area contributed by atoms with Crippen molar-refractivity contribution in [3.63, 3.8) is 0 Å². The lowest BCUT2D eigenvalue weighted by molar-refractivity contribution is 0.318. The van der Waals surface area contributed by atoms with Crippen LogP contribution in [0, 0.1) is 0 Å². The van der Waals surface area contributed by atoms with Crippen molar-refractivity contribution in [1.29, 1.82) is 0 Å². The summed E-state index contributed by atoms with van der Waals surface area (Å²) in [6.45, 7) is 0.238. The molecule has 0 aliphatic carbocycles. The molecule has 0 atom stereocenters. The molecule has 0 saturated heterocycles. The van der Waals surface area contributed by atoms with E-state index in [0.717, 1.165) is 5.69 Å². The Balaban J connectivity index is 2.94. The fraction of sp³-hybridized carbons (Fsp3) is 0.364. The summed E-state index contributed by atoms with van der Waals surface area (Å²) in [4.78, 5) is 1.88. The topological polar surface area (TPSA) is 61.8 Å². The SMILES string of the molecule is CN(CCCF)c1ccccc1/C(N)=N/O. The highest BCUT2D eigenvalue weighted by Gasteiger charge is 2.09. The van der Waals surface area contributed by atoms with Crippen molar-refractivity contribution in [2.75, 3.05) is 25.2 Å². The highest BCUT2D eigenvalue weighted by Crippen LogP contribution is 2.18. The summed E-state index contributed by atoms with van der Waals surface area (Å²) in [6.07, 6.45) is 0.459. The van der Waals surface area contributed by atoms with Crippen LogP contribution >= 0.6 is 0 Å². The molecule has 0 fully saturated rings. The number of halogens is 1. The van der Waals surface area contributed by atoms with Gasteiger partial charge in [0.25, 0.3) is 0 Å². The van der Waals surface area contributed by atoms with E-state index in [1.54, 1.807) is 12.1 Å². The molecule has 0 unspecified atom stereocenters. The van der Waals surface area contributed by atoms with E-state index in [2.05, 4.69) is 5.16 Å². The first kappa shape index (κ1) is 12.3. The summed E-state index contributed by atoms with van der Waals surface area (Å²) in [6, 6.07) is 7.28. The molecule has 1 aromatic carbocycles. The first-order valence-electron chi connectivity index (χ1n) is 5.04. The van der Waals surface area contributed by atoms with Gasteiger partial charge in [-0.2, -0.15) is 0 Å². The Morgan fingerprint density at radius 2 is 2.19 bits per heavy atom. The molecule has 4 nitrogen and oxygen atoms in total. The monoisotopic (exact) mass is 225 g/mol. The molecular formula is C11H16FN3O. The Morgan fingerprint density at radius 3 is 2.81 bits per heavy atom. The summed E-state index contributed by atoms with van der Waals surface area (Å²) in [7, 11) is 1.85. The van der Waals surface area contributed by atoms with Crippen LogP contribution in [0.4, 0.5) is 10.1 Å². The zero-order valence-electron chi connectivity index (χ0n) is 9.23. The third-order valence-electron chi connectivity index (χ3n) is 2.33. The predicted octanol–water partition coefficient (Wildman–Crippen LogP) is 1.58. The van der Waals surface area contributed by atoms with Gasteiger partial charge in [0.2, 0.25) is 0 Å². The van der Waals surface area contributed by atoms with Gasteiger partial charge in [-0.3, -0.25) is 4.39 Å². The van der Waals surface area contributed by atoms with Crippen LogP contribution in [0.5, 0.6) is 0 Å². The van der Waals surface area contributed by atoms with Crippen molar-refractivity contribution < 1.29 is 9.60 Å². The number of alkyl halides is 1. The predicted molar refractivity (Wildman–Crippen MR) is 62.8 cm³/mol. The van der Waals surface area contributed by atoms with E-state index in [1.807, 2.05) is 24.1 Å². The number of rotatable bonds is 5. The molecule has 1 aromatic rings. The molecule has 0 saturated carbocycles. The number of oxime groups is 1. The van der Waals surface area contributed by atoms with Crippen molar-refractivity contribution in [3.8, 4) is 0 Å². The van der Waals surface area contributed by atoms with E-state index in [0.29, 0.717) is 18.5 Å². The van der Waals surface area contributed by atoms with Crippen LogP contribution in [0.1, 0.15) is 12.0 Å². The summed E-state index contributed by atoms with van der Waals surface area (Å²) in [5.74, 6) is 0.0581. The molecule has 5 heteroatoms. The third kappa shape index (κ3) is 2.85. The van der Waals surface area contributed by atoms with Gasteiger partial charge in [-0.1, -0.05) is 17.3 Å². The second kappa shape index (κ2) is 5.95. The van der Waals surface area contributed by atoms with Crippen LogP contribution in [0.2, 0.25) is 0 Å². The molecule has 0 amide bonds. The molecule has 88 valence electrons. The molecule has 3 N–H and O–H groups in total. The maximum absolute atomic E-state index is 12.1. The van der Waals surface area contributed by atoms with Crippen molar-refractivity contribution in [2.24, 2.45) is 10.9 Å². The van der Waals surface area contributed by atoms with Crippen LogP contribution in [-0.4, -0.2) is 31.3 Å². The average molecular weight is 225 g/mol. The van der Waals surface area contributed by atoms with Crippen molar-refractivity contribution >= 4 is 11.5 Å². The van der Waals surface area contributed by atoms with E-state index in [1.165, 1.54) is 0 Å². The zero-order chi connectivity index (χ0) is 12.0. The van der Waals surface area contributed by atoms with Crippen LogP contribution in [-0.2, 0) is 0 Å². The molecule has 0 aliphatic rings. The van der Waals surface area contributed by atoms with E-state index in [4.69, 9.17) is 10.9 Å². The lowest BCUT2D eigenvalue weighted by Gasteiger charge is -2.21. The van der Waals surface area contributed by atoms with E-state index in [9.17, 15) is 4.39 Å². The van der Waals surface area contributed by atoms with E-state index in [-0.39, 0.29) is 12.5 Å². The van der Waals surface area contributed by atoms with Crippen molar-refractivity contribution in [2.45, 2.75) is 6.42 Å². The van der Waals surface area contributed by atoms with Crippen LogP contribution in [0.25, 0.3) is 0 Å². The van der Waals surface area contributed by atoms with Crippen LogP contribution in [0.15, 0.2) is 29.4 Å². The normalized spacial score (nSPS) is 11.5. The standard InChI is InChI=1S/C11H16FN3O/c1-15(8-4-7-12)10-6-3-2-5-9(10)11(13)14-16/h2-3,5-6,16H,4,7-8H2,1H3,(H2,13,14). The molecule has 0 spiro atoms. The number of nitrogens with zero attached hydrogens (tertiary/aromatic N) is 2. The number of benzene rings is 1. The Bertz CT molecular complexity index is 368. The molecule has 0 aromatic heterocycles. The smallest absolute Gasteiger partial charge is 0.172 e. The first-order valence-corrected chi connectivity index (χ1v) is 5.04. The van der Waals surface area contributed by atoms with Gasteiger partial charge < -0.3 is 15.8 Å². The minimum Gasteiger partial charge on any atom is -0.409 e. The van der Waals surface area contributed by atoms with Gasteiger partial charge in [-0.15, -0.1) is 0 Å². The summed E-state index contributed by atoms with van der Waals surface area (Å²) in [5, 5.41) is 11.6. The molecular weight excluding hydrogens is 209 g/mol. The minimum absolute atomic E-state index is 0.0581. The largest absolute Gasteiger partial charge is 0.409 e. The van der Waals surface area contributed by atoms with Gasteiger partial charge in [0.1, 0.15) is 0 Å². The van der Waals surface area contributed by atoms with Gasteiger partial charge in [0, 0.05) is 24.8 Å². The molecule has 0 heterocycles. The molecule has 16 heavy (non-hydrogen) atoms. The molecule has 1 rings (SSSR count). The van der Waals surface area contributed by atoms with Crippen molar-refractivity contribution in [3.05, 3.63) is 29.8 Å². The summed E-state index contributed by atoms with van der Waals surface area (Å²) < 4.78 is 12.1. The maximum atomic E-state index is 12.1. The second-order valence-electron chi connectivity index (χ2n) is 3.47. The highest BCUT2D eigenvalue weighted by atomic mass is 19.1. The second-order valence-corrected chi connectivity index (χ2v) is 3.47. The lowest BCUT2D eigenvalue weighted by Crippen LogP contribution is -2.24. The van der Waals surface area contributed by atoms with E-state index < -0.39 is 0 Å². The number of nitrogens with two attached hydrogens (primary N) is 1. The van der Waals surface area contributed by atoms with Crippen LogP contribution < -0.4 is 10.6 Å². The van der Waals surface area contributed by atoms with E-state index >= 15 is 0 Å². The van der Waals surface area contributed by atoms with Crippen LogP contribution in [0.3, 0.4) is 0 Å². The Kier molecular flexibility index (Phi) is 4.57. The number of hydrogen-bond acceptors (Lipinski definition) is 3. The number of amidine groups is 1. The molecule has 0 radical (unpaired) electrons. The maximum Gasteiger partial charge on any atom is 0.172 e. The Labute approximate surface area is 94.2 Å². The zero-order valence-corrected chi connectivity index (χ0v) is 9.23. The number of para-hydroxylation sites is 1. The van der Waals surface area contributed by atoms with Gasteiger partial charge in [-0.25, -0.2) is 0 Å². The van der Waals surface area contributed by atoms with Gasteiger partial charge in [0.05, 0.1) is 6.67 Å². The van der Waals surface area contributed by atoms with Gasteiger partial charge in [0.15, 0.2) is 5.84 Å². The first-order chi connectivity index (χ1) is 7.70. The van der Waals surface area contributed by atoms with Gasteiger partial charge >= 0.3 is 0 Å². The number of hydrogen-bond donors (Lipinski definition) is 2. The Hall–Kier alpha value is -1.78. The average Bonchev–Trinajstić information content (AvgIpc) is 2.35. The lowest BCUT2D eigenvalue weighted by atomic mass is 10.1. The highest BCUT2D eigenvalue weighted by molar-refractivity contribution is 6.02. The Morgan fingerprint density at radius 1 is 1.50 bits per heavy atom. The van der Waals surface area contributed by atoms with Gasteiger partial charge in [-0.05, 0) is 18.6 Å². The fourth-order valence-corrected chi connectivity index (χ4v) is 1.49. The molecule has 0 aliphatic heterocycles. The summed E-state index contributed by atoms with van der Waals surface area (Å²) in [5.41, 5.74) is 7.03.